The molecule has 0 spiro atoms. The van der Waals surface area contributed by atoms with Gasteiger partial charge in [0, 0.05) is 24.8 Å². The average Bonchev–Trinajstić information content (AvgIpc) is 2.66. The van der Waals surface area contributed by atoms with Gasteiger partial charge in [-0.25, -0.2) is 0 Å². The number of carbonyl (C=O) groups excluding carboxylic acids is 1. The van der Waals surface area contributed by atoms with E-state index in [4.69, 9.17) is 0 Å². The molecule has 1 aromatic heterocycles. The maximum Gasteiger partial charge on any atom is 0.252 e. The largest absolute Gasteiger partial charge is 0.343 e. The summed E-state index contributed by atoms with van der Waals surface area (Å²) in [6, 6.07) is 13.7. The lowest BCUT2D eigenvalue weighted by Crippen LogP contribution is -2.44. The molecule has 4 heteroatoms. The number of pyridine rings is 1. The molecule has 2 atom stereocenters. The van der Waals surface area contributed by atoms with E-state index in [0.717, 1.165) is 42.9 Å². The van der Waals surface area contributed by atoms with Gasteiger partial charge in [0.25, 0.3) is 5.91 Å². The highest BCUT2D eigenvalue weighted by molar-refractivity contribution is 5.95. The molecule has 144 valence electrons. The van der Waals surface area contributed by atoms with Crippen molar-refractivity contribution in [1.29, 1.82) is 0 Å². The Morgan fingerprint density at radius 2 is 2.00 bits per heavy atom. The molecule has 1 N–H and O–H groups in total. The fourth-order valence-electron chi connectivity index (χ4n) is 4.09. The van der Waals surface area contributed by atoms with Crippen LogP contribution >= 0.6 is 0 Å². The van der Waals surface area contributed by atoms with Gasteiger partial charge in [0.05, 0.1) is 11.7 Å². The highest BCUT2D eigenvalue weighted by Gasteiger charge is 2.31. The van der Waals surface area contributed by atoms with Gasteiger partial charge in [0.15, 0.2) is 0 Å². The third-order valence-electron chi connectivity index (χ3n) is 5.32. The number of piperidine rings is 1. The average molecular weight is 366 g/mol. The number of aromatic nitrogens is 1. The highest BCUT2D eigenvalue weighted by Crippen LogP contribution is 2.29. The molecule has 2 heterocycles. The lowest BCUT2D eigenvalue weighted by Gasteiger charge is -2.37. The summed E-state index contributed by atoms with van der Waals surface area (Å²) in [6.45, 7) is 9.77. The zero-order valence-electron chi connectivity index (χ0n) is 16.7. The summed E-state index contributed by atoms with van der Waals surface area (Å²) in [7, 11) is 0. The van der Waals surface area contributed by atoms with E-state index >= 15 is 0 Å². The van der Waals surface area contributed by atoms with E-state index in [1.54, 1.807) is 0 Å². The summed E-state index contributed by atoms with van der Waals surface area (Å²) in [6.07, 6.45) is 4.10. The first-order chi connectivity index (χ1) is 13.0. The zero-order chi connectivity index (χ0) is 19.2. The fourth-order valence-corrected chi connectivity index (χ4v) is 4.09. The van der Waals surface area contributed by atoms with Crippen LogP contribution in [0.15, 0.2) is 48.7 Å². The Hall–Kier alpha value is -2.20. The highest BCUT2D eigenvalue weighted by atomic mass is 16.1. The summed E-state index contributed by atoms with van der Waals surface area (Å²) in [5.41, 5.74) is 2.70. The Morgan fingerprint density at radius 3 is 2.70 bits per heavy atom. The van der Waals surface area contributed by atoms with Crippen LogP contribution in [0.2, 0.25) is 0 Å². The van der Waals surface area contributed by atoms with Crippen LogP contribution in [0.5, 0.6) is 0 Å². The predicted molar refractivity (Wildman–Crippen MR) is 110 cm³/mol. The van der Waals surface area contributed by atoms with E-state index in [2.05, 4.69) is 29.0 Å². The molecule has 1 amide bonds. The smallest absolute Gasteiger partial charge is 0.252 e. The third kappa shape index (κ3) is 5.16. The number of hydrogen-bond donors (Lipinski definition) is 1. The summed E-state index contributed by atoms with van der Waals surface area (Å²) < 4.78 is 0. The minimum Gasteiger partial charge on any atom is -0.343 e. The van der Waals surface area contributed by atoms with Crippen LogP contribution < -0.4 is 5.32 Å². The van der Waals surface area contributed by atoms with Gasteiger partial charge in [-0.3, -0.25) is 9.78 Å². The van der Waals surface area contributed by atoms with E-state index in [1.807, 2.05) is 55.6 Å². The van der Waals surface area contributed by atoms with E-state index < -0.39 is 0 Å². The summed E-state index contributed by atoms with van der Waals surface area (Å²) >= 11 is 0. The lowest BCUT2D eigenvalue weighted by molar-refractivity contribution is 0.0870. The van der Waals surface area contributed by atoms with Crippen molar-refractivity contribution in [3.63, 3.8) is 0 Å². The Kier molecular flexibility index (Phi) is 6.62. The summed E-state index contributed by atoms with van der Waals surface area (Å²) in [5.74, 6) is 1.02. The molecule has 0 bridgehead atoms. The first kappa shape index (κ1) is 19.6. The minimum absolute atomic E-state index is 0.00950. The first-order valence-electron chi connectivity index (χ1n) is 10.0. The van der Waals surface area contributed by atoms with Crippen molar-refractivity contribution >= 4 is 5.91 Å². The SMILES string of the molecule is Cc1ccccc1C(=O)N[C@@H](c1ccccn1)[C@H]1CCCN(CC(C)C)C1. The first-order valence-corrected chi connectivity index (χ1v) is 10.0. The topological polar surface area (TPSA) is 45.2 Å². The molecule has 1 aliphatic heterocycles. The molecule has 4 nitrogen and oxygen atoms in total. The van der Waals surface area contributed by atoms with Crippen LogP contribution in [0.1, 0.15) is 54.3 Å². The van der Waals surface area contributed by atoms with Gasteiger partial charge in [-0.1, -0.05) is 38.1 Å². The Bertz CT molecular complexity index is 744. The Labute approximate surface area is 163 Å². The molecule has 0 radical (unpaired) electrons. The number of nitrogens with one attached hydrogen (secondary N) is 1. The van der Waals surface area contributed by atoms with E-state index in [9.17, 15) is 4.79 Å². The number of carbonyl (C=O) groups is 1. The van der Waals surface area contributed by atoms with Crippen molar-refractivity contribution in [2.45, 2.75) is 39.7 Å². The van der Waals surface area contributed by atoms with Crippen LogP contribution in [0.25, 0.3) is 0 Å². The number of rotatable bonds is 6. The molecule has 27 heavy (non-hydrogen) atoms. The lowest BCUT2D eigenvalue weighted by atomic mass is 9.87. The van der Waals surface area contributed by atoms with Crippen molar-refractivity contribution in [2.75, 3.05) is 19.6 Å². The quantitative estimate of drug-likeness (QED) is 0.833. The molecule has 0 saturated carbocycles. The van der Waals surface area contributed by atoms with E-state index in [1.165, 1.54) is 6.42 Å². The molecule has 0 aliphatic carbocycles. The monoisotopic (exact) mass is 365 g/mol. The van der Waals surface area contributed by atoms with Crippen LogP contribution in [-0.2, 0) is 0 Å². The number of amides is 1. The summed E-state index contributed by atoms with van der Waals surface area (Å²) in [5, 5.41) is 3.31. The molecule has 1 fully saturated rings. The van der Waals surface area contributed by atoms with E-state index in [0.29, 0.717) is 11.8 Å². The van der Waals surface area contributed by atoms with E-state index in [-0.39, 0.29) is 11.9 Å². The fraction of sp³-hybridized carbons (Fsp3) is 0.478. The van der Waals surface area contributed by atoms with Crippen molar-refractivity contribution in [3.8, 4) is 0 Å². The van der Waals surface area contributed by atoms with Gasteiger partial charge in [-0.2, -0.15) is 0 Å². The third-order valence-corrected chi connectivity index (χ3v) is 5.32. The maximum absolute atomic E-state index is 13.0. The van der Waals surface area contributed by atoms with Gasteiger partial charge >= 0.3 is 0 Å². The molecule has 0 unspecified atom stereocenters. The molecular formula is C23H31N3O. The number of benzene rings is 1. The molecule has 1 aliphatic rings. The van der Waals surface area contributed by atoms with Crippen molar-refractivity contribution in [2.24, 2.45) is 11.8 Å². The number of aryl methyl sites for hydroxylation is 1. The van der Waals surface area contributed by atoms with Crippen LogP contribution in [0, 0.1) is 18.8 Å². The van der Waals surface area contributed by atoms with Gasteiger partial charge in [0.1, 0.15) is 0 Å². The van der Waals surface area contributed by atoms with Gasteiger partial charge in [-0.05, 0) is 61.9 Å². The van der Waals surface area contributed by atoms with Crippen LogP contribution in [0.4, 0.5) is 0 Å². The second kappa shape index (κ2) is 9.14. The van der Waals surface area contributed by atoms with Crippen LogP contribution in [-0.4, -0.2) is 35.4 Å². The second-order valence-corrected chi connectivity index (χ2v) is 8.08. The Morgan fingerprint density at radius 1 is 1.22 bits per heavy atom. The number of hydrogen-bond acceptors (Lipinski definition) is 3. The van der Waals surface area contributed by atoms with Crippen LogP contribution in [0.3, 0.4) is 0 Å². The second-order valence-electron chi connectivity index (χ2n) is 8.08. The van der Waals surface area contributed by atoms with Crippen molar-refractivity contribution in [3.05, 3.63) is 65.5 Å². The standard InChI is InChI=1S/C23H31N3O/c1-17(2)15-26-14-8-10-19(16-26)22(21-12-6-7-13-24-21)25-23(27)20-11-5-4-9-18(20)3/h4-7,9,11-13,17,19,22H,8,10,14-16H2,1-3H3,(H,25,27)/t19-,22+/m0/s1. The predicted octanol–water partition coefficient (Wildman–Crippen LogP) is 4.23. The normalized spacial score (nSPS) is 19.0. The number of nitrogens with zero attached hydrogens (tertiary/aromatic N) is 2. The van der Waals surface area contributed by atoms with Gasteiger partial charge < -0.3 is 10.2 Å². The van der Waals surface area contributed by atoms with Crippen molar-refractivity contribution in [1.82, 2.24) is 15.2 Å². The summed E-state index contributed by atoms with van der Waals surface area (Å²) in [4.78, 5) is 20.1. The Balaban J connectivity index is 1.81. The van der Waals surface area contributed by atoms with Crippen molar-refractivity contribution < 1.29 is 4.79 Å². The molecular weight excluding hydrogens is 334 g/mol. The minimum atomic E-state index is -0.0618. The molecule has 3 rings (SSSR count). The molecule has 2 aromatic rings. The maximum atomic E-state index is 13.0. The van der Waals surface area contributed by atoms with Gasteiger partial charge in [-0.15, -0.1) is 0 Å². The number of likely N-dealkylation sites (tertiary alicyclic amines) is 1. The zero-order valence-corrected chi connectivity index (χ0v) is 16.7. The molecule has 1 aromatic carbocycles. The molecule has 1 saturated heterocycles. The van der Waals surface area contributed by atoms with Gasteiger partial charge in [0.2, 0.25) is 0 Å².